The highest BCUT2D eigenvalue weighted by atomic mass is 16.5. The highest BCUT2D eigenvalue weighted by molar-refractivity contribution is 5.80. The molecule has 0 aliphatic rings. The summed E-state index contributed by atoms with van der Waals surface area (Å²) in [6.45, 7) is 0.0419. The van der Waals surface area contributed by atoms with Gasteiger partial charge in [0.05, 0.1) is 20.0 Å². The number of hydrogen-bond acceptors (Lipinski definition) is 4. The van der Waals surface area contributed by atoms with Crippen molar-refractivity contribution in [2.75, 3.05) is 20.3 Å². The van der Waals surface area contributed by atoms with Crippen molar-refractivity contribution < 1.29 is 23.8 Å². The molecule has 2 rings (SSSR count). The summed E-state index contributed by atoms with van der Waals surface area (Å²) >= 11 is 0. The molecule has 0 atom stereocenters. The Morgan fingerprint density at radius 2 is 2.28 bits per heavy atom. The van der Waals surface area contributed by atoms with E-state index in [9.17, 15) is 4.79 Å². The fraction of sp³-hybridized carbons (Fsp3) is 0.308. The van der Waals surface area contributed by atoms with E-state index in [0.29, 0.717) is 13.0 Å². The molecule has 18 heavy (non-hydrogen) atoms. The fourth-order valence-electron chi connectivity index (χ4n) is 1.76. The first-order valence-electron chi connectivity index (χ1n) is 5.54. The summed E-state index contributed by atoms with van der Waals surface area (Å²) in [5.41, 5.74) is 1.72. The van der Waals surface area contributed by atoms with Crippen LogP contribution in [0.25, 0.3) is 11.0 Å². The van der Waals surface area contributed by atoms with Crippen molar-refractivity contribution in [3.63, 3.8) is 0 Å². The number of hydrogen-bond donors (Lipinski definition) is 1. The maximum atomic E-state index is 10.3. The van der Waals surface area contributed by atoms with Gasteiger partial charge >= 0.3 is 5.97 Å². The molecule has 0 spiro atoms. The topological polar surface area (TPSA) is 68.9 Å². The molecule has 5 nitrogen and oxygen atoms in total. The largest absolute Gasteiger partial charge is 0.496 e. The third-order valence-electron chi connectivity index (χ3n) is 2.60. The lowest BCUT2D eigenvalue weighted by molar-refractivity contribution is -0.142. The van der Waals surface area contributed by atoms with Crippen LogP contribution < -0.4 is 4.74 Å². The van der Waals surface area contributed by atoms with Crippen LogP contribution in [0.5, 0.6) is 5.75 Å². The number of rotatable bonds is 6. The van der Waals surface area contributed by atoms with Crippen molar-refractivity contribution in [1.29, 1.82) is 0 Å². The van der Waals surface area contributed by atoms with Crippen LogP contribution in [-0.2, 0) is 16.0 Å². The molecule has 0 amide bonds. The van der Waals surface area contributed by atoms with E-state index in [-0.39, 0.29) is 6.61 Å². The van der Waals surface area contributed by atoms with Crippen LogP contribution in [0.1, 0.15) is 5.56 Å². The Morgan fingerprint density at radius 3 is 3.00 bits per heavy atom. The van der Waals surface area contributed by atoms with Crippen molar-refractivity contribution in [3.05, 3.63) is 30.0 Å². The van der Waals surface area contributed by atoms with E-state index in [1.165, 1.54) is 0 Å². The van der Waals surface area contributed by atoms with Gasteiger partial charge in [-0.1, -0.05) is 0 Å². The Kier molecular flexibility index (Phi) is 3.84. The molecule has 1 aromatic carbocycles. The number of carboxylic acid groups (broad SMARTS) is 1. The molecule has 0 saturated heterocycles. The van der Waals surface area contributed by atoms with E-state index in [1.54, 1.807) is 13.4 Å². The van der Waals surface area contributed by atoms with Crippen LogP contribution in [0.2, 0.25) is 0 Å². The maximum absolute atomic E-state index is 10.3. The minimum Gasteiger partial charge on any atom is -0.496 e. The Labute approximate surface area is 104 Å². The van der Waals surface area contributed by atoms with Crippen LogP contribution in [0.15, 0.2) is 28.9 Å². The SMILES string of the molecule is COc1cc2ccoc2cc1CCOCC(=O)O. The second-order valence-electron chi connectivity index (χ2n) is 3.82. The summed E-state index contributed by atoms with van der Waals surface area (Å²) in [6.07, 6.45) is 2.20. The average molecular weight is 250 g/mol. The Balaban J connectivity index is 2.08. The number of carbonyl (C=O) groups is 1. The van der Waals surface area contributed by atoms with Gasteiger partial charge in [0.1, 0.15) is 17.9 Å². The van der Waals surface area contributed by atoms with Crippen LogP contribution in [0.3, 0.4) is 0 Å². The molecule has 0 aliphatic heterocycles. The number of methoxy groups -OCH3 is 1. The predicted octanol–water partition coefficient (Wildman–Crippen LogP) is 2.09. The van der Waals surface area contributed by atoms with Crippen molar-refractivity contribution in [2.45, 2.75) is 6.42 Å². The van der Waals surface area contributed by atoms with Crippen molar-refractivity contribution >= 4 is 16.9 Å². The normalized spacial score (nSPS) is 10.7. The lowest BCUT2D eigenvalue weighted by Gasteiger charge is -2.08. The summed E-state index contributed by atoms with van der Waals surface area (Å²) in [7, 11) is 1.60. The van der Waals surface area contributed by atoms with Gasteiger partial charge < -0.3 is 19.0 Å². The first-order chi connectivity index (χ1) is 8.70. The van der Waals surface area contributed by atoms with Crippen LogP contribution in [0, 0.1) is 0 Å². The third kappa shape index (κ3) is 2.81. The quantitative estimate of drug-likeness (QED) is 0.795. The van der Waals surface area contributed by atoms with Crippen molar-refractivity contribution in [1.82, 2.24) is 0 Å². The van der Waals surface area contributed by atoms with Crippen LogP contribution in [0.4, 0.5) is 0 Å². The molecular formula is C13H14O5. The number of aliphatic carboxylic acids is 1. The van der Waals surface area contributed by atoms with E-state index in [2.05, 4.69) is 0 Å². The van der Waals surface area contributed by atoms with Gasteiger partial charge in [-0.25, -0.2) is 4.79 Å². The zero-order chi connectivity index (χ0) is 13.0. The molecule has 0 radical (unpaired) electrons. The van der Waals surface area contributed by atoms with Gasteiger partial charge in [0, 0.05) is 10.9 Å². The smallest absolute Gasteiger partial charge is 0.329 e. The van der Waals surface area contributed by atoms with Crippen LogP contribution in [-0.4, -0.2) is 31.4 Å². The summed E-state index contributed by atoms with van der Waals surface area (Å²) in [5, 5.41) is 9.43. The standard InChI is InChI=1S/C13H14O5/c1-16-11-6-10-3-5-18-12(10)7-9(11)2-4-17-8-13(14)15/h3,5-7H,2,4,8H2,1H3,(H,14,15). The molecule has 0 aliphatic carbocycles. The fourth-order valence-corrected chi connectivity index (χ4v) is 1.76. The number of carboxylic acids is 1. The van der Waals surface area contributed by atoms with Gasteiger partial charge in [-0.2, -0.15) is 0 Å². The summed E-state index contributed by atoms with van der Waals surface area (Å²) < 4.78 is 15.6. The minimum atomic E-state index is -0.969. The lowest BCUT2D eigenvalue weighted by atomic mass is 10.1. The Morgan fingerprint density at radius 1 is 1.44 bits per heavy atom. The second kappa shape index (κ2) is 5.55. The molecule has 2 aromatic rings. The summed E-state index contributed by atoms with van der Waals surface area (Å²) in [4.78, 5) is 10.3. The highest BCUT2D eigenvalue weighted by Crippen LogP contribution is 2.27. The van der Waals surface area contributed by atoms with Crippen molar-refractivity contribution in [3.8, 4) is 5.75 Å². The first kappa shape index (κ1) is 12.4. The van der Waals surface area contributed by atoms with Gasteiger partial charge in [-0.3, -0.25) is 0 Å². The predicted molar refractivity (Wildman–Crippen MR) is 64.9 cm³/mol. The molecule has 0 unspecified atom stereocenters. The number of furan rings is 1. The molecule has 0 bridgehead atoms. The molecule has 1 heterocycles. The van der Waals surface area contributed by atoms with E-state index in [4.69, 9.17) is 19.0 Å². The maximum Gasteiger partial charge on any atom is 0.329 e. The zero-order valence-electron chi connectivity index (χ0n) is 10.0. The molecular weight excluding hydrogens is 236 g/mol. The number of fused-ring (bicyclic) bond motifs is 1. The monoisotopic (exact) mass is 250 g/mol. The number of ether oxygens (including phenoxy) is 2. The molecule has 5 heteroatoms. The average Bonchev–Trinajstić information content (AvgIpc) is 2.80. The molecule has 1 aromatic heterocycles. The van der Waals surface area contributed by atoms with Crippen molar-refractivity contribution in [2.24, 2.45) is 0 Å². The van der Waals surface area contributed by atoms with E-state index in [0.717, 1.165) is 22.3 Å². The van der Waals surface area contributed by atoms with E-state index < -0.39 is 5.97 Å². The summed E-state index contributed by atoms with van der Waals surface area (Å²) in [5.74, 6) is -0.216. The van der Waals surface area contributed by atoms with Gasteiger partial charge in [-0.15, -0.1) is 0 Å². The molecule has 0 fully saturated rings. The van der Waals surface area contributed by atoms with Gasteiger partial charge in [-0.05, 0) is 24.6 Å². The third-order valence-corrected chi connectivity index (χ3v) is 2.60. The Hall–Kier alpha value is -2.01. The van der Waals surface area contributed by atoms with E-state index in [1.807, 2.05) is 18.2 Å². The zero-order valence-corrected chi connectivity index (χ0v) is 10.0. The van der Waals surface area contributed by atoms with E-state index >= 15 is 0 Å². The van der Waals surface area contributed by atoms with Gasteiger partial charge in [0.25, 0.3) is 0 Å². The van der Waals surface area contributed by atoms with Gasteiger partial charge in [0.2, 0.25) is 0 Å². The first-order valence-corrected chi connectivity index (χ1v) is 5.54. The summed E-state index contributed by atoms with van der Waals surface area (Å²) in [6, 6.07) is 5.65. The second-order valence-corrected chi connectivity index (χ2v) is 3.82. The molecule has 0 saturated carbocycles. The number of benzene rings is 1. The van der Waals surface area contributed by atoms with Crippen LogP contribution >= 0.6 is 0 Å². The lowest BCUT2D eigenvalue weighted by Crippen LogP contribution is -2.09. The Bertz CT molecular complexity index is 543. The highest BCUT2D eigenvalue weighted by Gasteiger charge is 2.08. The molecule has 96 valence electrons. The molecule has 1 N–H and O–H groups in total. The minimum absolute atomic E-state index is 0.286. The van der Waals surface area contributed by atoms with Gasteiger partial charge in [0.15, 0.2) is 0 Å².